The average molecular weight is 563 g/mol. The summed E-state index contributed by atoms with van der Waals surface area (Å²) in [4.78, 5) is 32.1. The largest absolute Gasteiger partial charge is 0.547 e. The zero-order chi connectivity index (χ0) is 26.0. The molecule has 38 heavy (non-hydrogen) atoms. The van der Waals surface area contributed by atoms with Crippen molar-refractivity contribution in [2.24, 2.45) is 0 Å². The van der Waals surface area contributed by atoms with Crippen LogP contribution in [-0.2, 0) is 13.8 Å². The molecule has 1 atom stereocenters. The molecule has 0 aromatic carbocycles. The van der Waals surface area contributed by atoms with Crippen LogP contribution in [0.25, 0.3) is 22.0 Å². The van der Waals surface area contributed by atoms with Gasteiger partial charge in [0.2, 0.25) is 0 Å². The first-order valence-corrected chi connectivity index (χ1v) is 13.8. The number of pyridine rings is 1. The van der Waals surface area contributed by atoms with E-state index in [-0.39, 0.29) is 24.0 Å². The number of carbonyl (C=O) groups is 1. The Morgan fingerprint density at radius 1 is 1.32 bits per heavy atom. The highest BCUT2D eigenvalue weighted by Crippen LogP contribution is 2.38. The molecule has 202 valence electrons. The van der Waals surface area contributed by atoms with E-state index in [0.29, 0.717) is 34.3 Å². The maximum absolute atomic E-state index is 13.1. The lowest BCUT2D eigenvalue weighted by Gasteiger charge is -2.34. The molecule has 1 aliphatic rings. The molecule has 1 fully saturated rings. The van der Waals surface area contributed by atoms with E-state index in [4.69, 9.17) is 14.5 Å². The van der Waals surface area contributed by atoms with Crippen LogP contribution >= 0.6 is 19.2 Å². The summed E-state index contributed by atoms with van der Waals surface area (Å²) in [6.45, 7) is 2.66. The van der Waals surface area contributed by atoms with Gasteiger partial charge in [-0.15, -0.1) is 16.4 Å². The minimum Gasteiger partial charge on any atom is -0.378 e. The van der Waals surface area contributed by atoms with Crippen LogP contribution in [-0.4, -0.2) is 60.3 Å². The lowest BCUT2D eigenvalue weighted by Crippen LogP contribution is -2.33. The molecular weight excluding hydrogens is 535 g/mol. The number of anilines is 1. The predicted molar refractivity (Wildman–Crippen MR) is 139 cm³/mol. The monoisotopic (exact) mass is 562 g/mol. The number of rotatable bonds is 10. The molecule has 0 radical (unpaired) electrons. The van der Waals surface area contributed by atoms with E-state index >= 15 is 0 Å². The molecule has 14 nitrogen and oxygen atoms in total. The van der Waals surface area contributed by atoms with Crippen molar-refractivity contribution in [1.82, 2.24) is 35.8 Å². The summed E-state index contributed by atoms with van der Waals surface area (Å²) in [7, 11) is -3.22. The van der Waals surface area contributed by atoms with E-state index in [1.807, 2.05) is 36.0 Å². The van der Waals surface area contributed by atoms with E-state index in [2.05, 4.69) is 24.9 Å². The van der Waals surface area contributed by atoms with Gasteiger partial charge in [-0.3, -0.25) is 28.5 Å². The average Bonchev–Trinajstić information content (AvgIpc) is 3.61. The van der Waals surface area contributed by atoms with E-state index < -0.39 is 13.7 Å². The predicted octanol–water partition coefficient (Wildman–Crippen LogP) is 3.59. The van der Waals surface area contributed by atoms with Crippen LogP contribution in [0.3, 0.4) is 0 Å². The van der Waals surface area contributed by atoms with Crippen LogP contribution in [0.4, 0.5) is 5.69 Å². The summed E-state index contributed by atoms with van der Waals surface area (Å²) in [6, 6.07) is 5.69. The normalized spacial score (nSPS) is 18.2. The molecule has 0 saturated heterocycles. The van der Waals surface area contributed by atoms with E-state index in [1.165, 1.54) is 23.7 Å². The summed E-state index contributed by atoms with van der Waals surface area (Å²) >= 11 is 1.22. The van der Waals surface area contributed by atoms with Crippen LogP contribution in [0.5, 0.6) is 0 Å². The molecule has 4 aromatic heterocycles. The molecular formula is C22H27N8O6PS. The lowest BCUT2D eigenvalue weighted by atomic mass is 9.89. The van der Waals surface area contributed by atoms with E-state index in [1.54, 1.807) is 11.6 Å². The van der Waals surface area contributed by atoms with Gasteiger partial charge in [-0.05, 0) is 31.9 Å². The molecule has 1 saturated carbocycles. The summed E-state index contributed by atoms with van der Waals surface area (Å²) in [5.74, 6) is -0.414. The first kappa shape index (κ1) is 27.6. The van der Waals surface area contributed by atoms with Crippen molar-refractivity contribution < 1.29 is 28.1 Å². The van der Waals surface area contributed by atoms with Crippen LogP contribution in [0, 0.1) is 0 Å². The Balaban J connectivity index is 0.00000336. The number of phosphoric acid groups is 1. The van der Waals surface area contributed by atoms with Crippen LogP contribution in [0.2, 0.25) is 0 Å². The molecule has 5 N–H and O–H groups in total. The number of carbonyl (C=O) groups excluding carboxylic acids is 1. The number of nitrogens with zero attached hydrogens (tertiary/aromatic N) is 6. The highest BCUT2D eigenvalue weighted by molar-refractivity contribution is 7.47. The summed E-state index contributed by atoms with van der Waals surface area (Å²) in [5.41, 5.74) is 2.42. The SMILES string of the molecule is CCO[C@H]1C[C@@H](n2cc(NC(=O)c3csc(-c4cnn(OP(=O)(O)OC)c4)n3)c(-c3ccccn3)n2)C1.N. The van der Waals surface area contributed by atoms with Gasteiger partial charge in [0.25, 0.3) is 5.91 Å². The first-order chi connectivity index (χ1) is 17.8. The van der Waals surface area contributed by atoms with Gasteiger partial charge in [0.05, 0.1) is 41.5 Å². The van der Waals surface area contributed by atoms with Gasteiger partial charge >= 0.3 is 7.82 Å². The second kappa shape index (κ2) is 11.5. The van der Waals surface area contributed by atoms with E-state index in [9.17, 15) is 14.3 Å². The maximum Gasteiger partial charge on any atom is 0.547 e. The number of hydrogen-bond donors (Lipinski definition) is 3. The zero-order valence-corrected chi connectivity index (χ0v) is 22.3. The summed E-state index contributed by atoms with van der Waals surface area (Å²) in [6.07, 6.45) is 8.17. The Morgan fingerprint density at radius 2 is 2.13 bits per heavy atom. The van der Waals surface area contributed by atoms with Gasteiger partial charge in [0, 0.05) is 31.5 Å². The van der Waals surface area contributed by atoms with Crippen molar-refractivity contribution in [2.75, 3.05) is 19.0 Å². The van der Waals surface area contributed by atoms with Gasteiger partial charge in [0.1, 0.15) is 16.4 Å². The Hall–Kier alpha value is -3.46. The fourth-order valence-electron chi connectivity index (χ4n) is 3.78. The Morgan fingerprint density at radius 3 is 2.84 bits per heavy atom. The third-order valence-electron chi connectivity index (χ3n) is 5.70. The van der Waals surface area contributed by atoms with Gasteiger partial charge in [-0.2, -0.15) is 5.10 Å². The fraction of sp³-hybridized carbons (Fsp3) is 0.318. The molecule has 5 rings (SSSR count). The molecule has 16 heteroatoms. The Bertz CT molecular complexity index is 1430. The van der Waals surface area contributed by atoms with Gasteiger partial charge < -0.3 is 16.2 Å². The Labute approximate surface area is 221 Å². The fourth-order valence-corrected chi connectivity index (χ4v) is 4.93. The topological polar surface area (TPSA) is 191 Å². The van der Waals surface area contributed by atoms with Gasteiger partial charge in [0.15, 0.2) is 0 Å². The third-order valence-corrected chi connectivity index (χ3v) is 7.42. The van der Waals surface area contributed by atoms with Crippen molar-refractivity contribution in [3.8, 4) is 22.0 Å². The smallest absolute Gasteiger partial charge is 0.378 e. The molecule has 1 unspecified atom stereocenters. The molecule has 1 aliphatic carbocycles. The molecule has 1 amide bonds. The van der Waals surface area contributed by atoms with Crippen LogP contribution in [0.15, 0.2) is 48.4 Å². The second-order valence-electron chi connectivity index (χ2n) is 8.15. The molecule has 4 aromatic rings. The highest BCUT2D eigenvalue weighted by Gasteiger charge is 2.32. The summed E-state index contributed by atoms with van der Waals surface area (Å²) < 4.78 is 28.2. The van der Waals surface area contributed by atoms with Crippen molar-refractivity contribution in [3.63, 3.8) is 0 Å². The molecule has 0 aliphatic heterocycles. The van der Waals surface area contributed by atoms with Crippen LogP contribution < -0.4 is 16.1 Å². The number of nitrogens with one attached hydrogen (secondary N) is 1. The number of aromatic nitrogens is 6. The summed E-state index contributed by atoms with van der Waals surface area (Å²) in [5, 5.41) is 13.6. The highest BCUT2D eigenvalue weighted by atomic mass is 32.1. The van der Waals surface area contributed by atoms with Gasteiger partial charge in [-0.1, -0.05) is 10.9 Å². The van der Waals surface area contributed by atoms with E-state index in [0.717, 1.165) is 24.8 Å². The second-order valence-corrected chi connectivity index (χ2v) is 10.5. The van der Waals surface area contributed by atoms with Gasteiger partial charge in [-0.25, -0.2) is 9.55 Å². The lowest BCUT2D eigenvalue weighted by molar-refractivity contribution is -0.0226. The first-order valence-electron chi connectivity index (χ1n) is 11.4. The molecule has 0 bridgehead atoms. The maximum atomic E-state index is 13.1. The number of ether oxygens (including phenoxy) is 1. The van der Waals surface area contributed by atoms with Crippen molar-refractivity contribution >= 4 is 30.8 Å². The number of thiazole rings is 1. The quantitative estimate of drug-likeness (QED) is 0.239. The van der Waals surface area contributed by atoms with Crippen LogP contribution in [0.1, 0.15) is 36.3 Å². The zero-order valence-electron chi connectivity index (χ0n) is 20.6. The minimum absolute atomic E-state index is 0. The number of phosphoric ester groups is 1. The standard InChI is InChI=1S/C22H24N7O6PS.H3N/c1-3-34-16-8-15(9-16)28-12-18(20(27-28)17-6-4-5-7-23-17)25-21(30)19-13-37-22(26-19)14-10-24-29(11-14)35-36(31,32)33-2;/h4-7,10-13,15-16H,3,8-9H2,1-2H3,(H,25,30)(H,31,32);1H3/t15-,16+;. The number of hydrogen-bond acceptors (Lipinski definition) is 11. The minimum atomic E-state index is -4.26. The molecule has 4 heterocycles. The number of amides is 1. The van der Waals surface area contributed by atoms with Crippen molar-refractivity contribution in [2.45, 2.75) is 31.9 Å². The van der Waals surface area contributed by atoms with Crippen molar-refractivity contribution in [3.05, 3.63) is 54.1 Å². The van der Waals surface area contributed by atoms with Crippen molar-refractivity contribution in [1.29, 1.82) is 0 Å². The Kier molecular flexibility index (Phi) is 8.35. The molecule has 0 spiro atoms. The third kappa shape index (κ3) is 5.99.